The zero-order chi connectivity index (χ0) is 21.0. The smallest absolute Gasteiger partial charge is 0.257 e. The standard InChI is InChI=1S/C23H21N3O3/c1-14-4-9-21(15(2)10-14)26-23(29)19-11-18(12-24-13-19)22(28)25-20-7-5-17(6-8-20)16(3)27/h4-13H,1-3H3,(H,25,28)(H,26,29). The molecule has 2 amide bonds. The maximum atomic E-state index is 12.6. The summed E-state index contributed by atoms with van der Waals surface area (Å²) in [5, 5.41) is 5.58. The molecule has 1 heterocycles. The van der Waals surface area contributed by atoms with Gasteiger partial charge in [0, 0.05) is 29.3 Å². The van der Waals surface area contributed by atoms with Gasteiger partial charge in [-0.15, -0.1) is 0 Å². The molecule has 0 bridgehead atoms. The highest BCUT2D eigenvalue weighted by Crippen LogP contribution is 2.18. The van der Waals surface area contributed by atoms with Gasteiger partial charge in [-0.05, 0) is 62.7 Å². The predicted molar refractivity (Wildman–Crippen MR) is 113 cm³/mol. The van der Waals surface area contributed by atoms with E-state index in [1.807, 2.05) is 32.0 Å². The van der Waals surface area contributed by atoms with Gasteiger partial charge in [-0.25, -0.2) is 0 Å². The van der Waals surface area contributed by atoms with Crippen LogP contribution in [-0.4, -0.2) is 22.6 Å². The van der Waals surface area contributed by atoms with Crippen molar-refractivity contribution < 1.29 is 14.4 Å². The number of nitrogens with zero attached hydrogens (tertiary/aromatic N) is 1. The number of aryl methyl sites for hydroxylation is 2. The molecule has 0 unspecified atom stereocenters. The fourth-order valence-electron chi connectivity index (χ4n) is 2.83. The van der Waals surface area contributed by atoms with E-state index in [4.69, 9.17) is 0 Å². The SMILES string of the molecule is CC(=O)c1ccc(NC(=O)c2cncc(C(=O)Nc3ccc(C)cc3C)c2)cc1. The number of pyridine rings is 1. The Bertz CT molecular complexity index is 1090. The van der Waals surface area contributed by atoms with E-state index in [2.05, 4.69) is 15.6 Å². The molecule has 2 aromatic carbocycles. The molecule has 0 aliphatic rings. The number of Topliss-reactive ketones (excluding diaryl/α,β-unsaturated/α-hetero) is 1. The summed E-state index contributed by atoms with van der Waals surface area (Å²) in [4.78, 5) is 40.4. The number of aromatic nitrogens is 1. The van der Waals surface area contributed by atoms with Crippen molar-refractivity contribution in [3.05, 3.63) is 88.7 Å². The van der Waals surface area contributed by atoms with Crippen LogP contribution in [0.2, 0.25) is 0 Å². The predicted octanol–water partition coefficient (Wildman–Crippen LogP) is 4.41. The van der Waals surface area contributed by atoms with Crippen molar-refractivity contribution in [2.24, 2.45) is 0 Å². The Balaban J connectivity index is 1.73. The minimum atomic E-state index is -0.394. The topological polar surface area (TPSA) is 88.2 Å². The van der Waals surface area contributed by atoms with E-state index in [1.54, 1.807) is 24.3 Å². The summed E-state index contributed by atoms with van der Waals surface area (Å²) >= 11 is 0. The lowest BCUT2D eigenvalue weighted by atomic mass is 10.1. The number of nitrogens with one attached hydrogen (secondary N) is 2. The van der Waals surface area contributed by atoms with Crippen LogP contribution in [-0.2, 0) is 0 Å². The zero-order valence-corrected chi connectivity index (χ0v) is 16.4. The average molecular weight is 387 g/mol. The Morgan fingerprint density at radius 3 is 1.97 bits per heavy atom. The maximum Gasteiger partial charge on any atom is 0.257 e. The van der Waals surface area contributed by atoms with Crippen LogP contribution in [0.4, 0.5) is 11.4 Å². The van der Waals surface area contributed by atoms with E-state index in [0.29, 0.717) is 16.9 Å². The van der Waals surface area contributed by atoms with Gasteiger partial charge >= 0.3 is 0 Å². The van der Waals surface area contributed by atoms with Gasteiger partial charge in [-0.1, -0.05) is 17.7 Å². The maximum absolute atomic E-state index is 12.6. The normalized spacial score (nSPS) is 10.3. The highest BCUT2D eigenvalue weighted by Gasteiger charge is 2.13. The molecule has 0 spiro atoms. The highest BCUT2D eigenvalue weighted by molar-refractivity contribution is 6.08. The molecule has 6 nitrogen and oxygen atoms in total. The molecule has 0 radical (unpaired) electrons. The minimum absolute atomic E-state index is 0.0467. The van der Waals surface area contributed by atoms with Crippen molar-refractivity contribution in [3.8, 4) is 0 Å². The molecule has 3 aromatic rings. The number of carbonyl (C=O) groups is 3. The van der Waals surface area contributed by atoms with Crippen molar-refractivity contribution in [3.63, 3.8) is 0 Å². The van der Waals surface area contributed by atoms with Crippen LogP contribution in [0.15, 0.2) is 60.9 Å². The van der Waals surface area contributed by atoms with Crippen molar-refractivity contribution in [1.82, 2.24) is 4.98 Å². The molecule has 29 heavy (non-hydrogen) atoms. The van der Waals surface area contributed by atoms with E-state index in [0.717, 1.165) is 11.1 Å². The quantitative estimate of drug-likeness (QED) is 0.635. The fraction of sp³-hybridized carbons (Fsp3) is 0.130. The van der Waals surface area contributed by atoms with Gasteiger partial charge in [0.25, 0.3) is 11.8 Å². The first kappa shape index (κ1) is 19.9. The second-order valence-electron chi connectivity index (χ2n) is 6.82. The van der Waals surface area contributed by atoms with E-state index in [-0.39, 0.29) is 22.8 Å². The van der Waals surface area contributed by atoms with Crippen LogP contribution in [0.5, 0.6) is 0 Å². The van der Waals surface area contributed by atoms with Crippen molar-refractivity contribution in [2.75, 3.05) is 10.6 Å². The summed E-state index contributed by atoms with van der Waals surface area (Å²) in [7, 11) is 0. The third-order valence-electron chi connectivity index (χ3n) is 4.44. The Kier molecular flexibility index (Phi) is 5.83. The molecule has 2 N–H and O–H groups in total. The van der Waals surface area contributed by atoms with E-state index < -0.39 is 5.91 Å². The molecule has 146 valence electrons. The summed E-state index contributed by atoms with van der Waals surface area (Å²) in [6.07, 6.45) is 2.81. The van der Waals surface area contributed by atoms with Gasteiger partial charge in [0.05, 0.1) is 11.1 Å². The highest BCUT2D eigenvalue weighted by atomic mass is 16.2. The van der Waals surface area contributed by atoms with Crippen LogP contribution < -0.4 is 10.6 Å². The summed E-state index contributed by atoms with van der Waals surface area (Å²) in [5.41, 5.74) is 4.42. The number of rotatable bonds is 5. The van der Waals surface area contributed by atoms with Gasteiger partial charge in [-0.3, -0.25) is 19.4 Å². The number of amides is 2. The Morgan fingerprint density at radius 1 is 0.759 bits per heavy atom. The number of benzene rings is 2. The van der Waals surface area contributed by atoms with Gasteiger partial charge in [0.15, 0.2) is 5.78 Å². The summed E-state index contributed by atoms with van der Waals surface area (Å²) in [6.45, 7) is 5.38. The van der Waals surface area contributed by atoms with E-state index in [1.165, 1.54) is 25.4 Å². The monoisotopic (exact) mass is 387 g/mol. The van der Waals surface area contributed by atoms with E-state index >= 15 is 0 Å². The lowest BCUT2D eigenvalue weighted by molar-refractivity contribution is 0.101. The molecule has 0 aliphatic heterocycles. The summed E-state index contributed by atoms with van der Waals surface area (Å²) in [5.74, 6) is -0.784. The Hall–Kier alpha value is -3.80. The Morgan fingerprint density at radius 2 is 1.38 bits per heavy atom. The van der Waals surface area contributed by atoms with Crippen LogP contribution in [0.3, 0.4) is 0 Å². The van der Waals surface area contributed by atoms with Crippen molar-refractivity contribution in [2.45, 2.75) is 20.8 Å². The lowest BCUT2D eigenvalue weighted by Gasteiger charge is -2.10. The number of carbonyl (C=O) groups excluding carboxylic acids is 3. The molecule has 0 fully saturated rings. The Labute approximate surface area is 169 Å². The molecular weight excluding hydrogens is 366 g/mol. The summed E-state index contributed by atoms with van der Waals surface area (Å²) < 4.78 is 0. The molecule has 0 atom stereocenters. The van der Waals surface area contributed by atoms with Gasteiger partial charge < -0.3 is 10.6 Å². The van der Waals surface area contributed by atoms with Gasteiger partial charge in [-0.2, -0.15) is 0 Å². The first-order chi connectivity index (χ1) is 13.8. The number of anilines is 2. The van der Waals surface area contributed by atoms with Crippen LogP contribution in [0.25, 0.3) is 0 Å². The molecular formula is C23H21N3O3. The minimum Gasteiger partial charge on any atom is -0.322 e. The number of hydrogen-bond donors (Lipinski definition) is 2. The third kappa shape index (κ3) is 4.93. The van der Waals surface area contributed by atoms with Crippen LogP contribution >= 0.6 is 0 Å². The molecule has 0 aliphatic carbocycles. The largest absolute Gasteiger partial charge is 0.322 e. The van der Waals surface area contributed by atoms with E-state index in [9.17, 15) is 14.4 Å². The van der Waals surface area contributed by atoms with Gasteiger partial charge in [0.1, 0.15) is 0 Å². The van der Waals surface area contributed by atoms with Gasteiger partial charge in [0.2, 0.25) is 0 Å². The fourth-order valence-corrected chi connectivity index (χ4v) is 2.83. The second-order valence-corrected chi connectivity index (χ2v) is 6.82. The summed E-state index contributed by atoms with van der Waals surface area (Å²) in [6, 6.07) is 13.8. The first-order valence-electron chi connectivity index (χ1n) is 9.09. The first-order valence-corrected chi connectivity index (χ1v) is 9.09. The number of hydrogen-bond acceptors (Lipinski definition) is 4. The second kappa shape index (κ2) is 8.48. The molecule has 6 heteroatoms. The van der Waals surface area contributed by atoms with Crippen molar-refractivity contribution in [1.29, 1.82) is 0 Å². The molecule has 1 aromatic heterocycles. The average Bonchev–Trinajstić information content (AvgIpc) is 2.70. The zero-order valence-electron chi connectivity index (χ0n) is 16.4. The lowest BCUT2D eigenvalue weighted by Crippen LogP contribution is -2.16. The third-order valence-corrected chi connectivity index (χ3v) is 4.44. The van der Waals surface area contributed by atoms with Crippen molar-refractivity contribution >= 4 is 29.0 Å². The molecule has 0 saturated carbocycles. The van der Waals surface area contributed by atoms with Crippen LogP contribution in [0.1, 0.15) is 49.1 Å². The van der Waals surface area contributed by atoms with Crippen LogP contribution in [0, 0.1) is 13.8 Å². The molecule has 0 saturated heterocycles. The molecule has 3 rings (SSSR count). The number of ketones is 1.